The van der Waals surface area contributed by atoms with E-state index >= 15 is 0 Å². The van der Waals surface area contributed by atoms with Crippen molar-refractivity contribution < 1.29 is 33.2 Å². The third kappa shape index (κ3) is 5.26. The van der Waals surface area contributed by atoms with Gasteiger partial charge in [0, 0.05) is 7.11 Å². The first kappa shape index (κ1) is 23.0. The summed E-state index contributed by atoms with van der Waals surface area (Å²) >= 11 is 0. The number of carbonyl (C=O) groups excluding carboxylic acids is 1. The van der Waals surface area contributed by atoms with Crippen LogP contribution in [0.4, 0.5) is 0 Å². The highest BCUT2D eigenvalue weighted by molar-refractivity contribution is 5.57. The molecule has 2 aliphatic heterocycles. The molecule has 7 heteroatoms. The van der Waals surface area contributed by atoms with E-state index in [1.54, 1.807) is 7.11 Å². The van der Waals surface area contributed by atoms with Crippen molar-refractivity contribution in [2.75, 3.05) is 7.11 Å². The number of benzene rings is 2. The zero-order valence-electron chi connectivity index (χ0n) is 18.6. The number of rotatable bonds is 10. The molecule has 2 aliphatic rings. The van der Waals surface area contributed by atoms with Crippen LogP contribution in [-0.2, 0) is 46.4 Å². The van der Waals surface area contributed by atoms with Crippen LogP contribution < -0.4 is 0 Å². The van der Waals surface area contributed by atoms with E-state index in [0.717, 1.165) is 17.4 Å². The SMILES string of the molecule is CO[C@H]1O[C@H]([C@H](OCc2ccccc2)[C@@H](C=O)OCc2ccccc2)[C@@H]2OC(C)(C)O[C@H]12. The number of aldehydes is 1. The summed E-state index contributed by atoms with van der Waals surface area (Å²) in [6.45, 7) is 4.26. The Hall–Kier alpha value is -2.13. The summed E-state index contributed by atoms with van der Waals surface area (Å²) in [5.41, 5.74) is 1.94. The van der Waals surface area contributed by atoms with Gasteiger partial charge in [-0.25, -0.2) is 0 Å². The highest BCUT2D eigenvalue weighted by Gasteiger charge is 2.59. The third-order valence-corrected chi connectivity index (χ3v) is 5.63. The van der Waals surface area contributed by atoms with E-state index in [0.29, 0.717) is 6.61 Å². The number of carbonyl (C=O) groups is 1. The van der Waals surface area contributed by atoms with E-state index in [2.05, 4.69) is 0 Å². The van der Waals surface area contributed by atoms with Crippen molar-refractivity contribution in [3.63, 3.8) is 0 Å². The number of hydrogen-bond donors (Lipinski definition) is 0. The number of fused-ring (bicyclic) bond motifs is 1. The summed E-state index contributed by atoms with van der Waals surface area (Å²) in [6.07, 6.45) is -2.95. The van der Waals surface area contributed by atoms with Crippen molar-refractivity contribution in [1.29, 1.82) is 0 Å². The van der Waals surface area contributed by atoms with Crippen LogP contribution in [0.5, 0.6) is 0 Å². The van der Waals surface area contributed by atoms with Crippen molar-refractivity contribution in [2.45, 2.75) is 69.7 Å². The van der Waals surface area contributed by atoms with Gasteiger partial charge in [-0.2, -0.15) is 0 Å². The Bertz CT molecular complexity index is 857. The van der Waals surface area contributed by atoms with E-state index in [9.17, 15) is 4.79 Å². The molecule has 0 bridgehead atoms. The minimum absolute atomic E-state index is 0.271. The van der Waals surface area contributed by atoms with Gasteiger partial charge in [0.05, 0.1) is 13.2 Å². The largest absolute Gasteiger partial charge is 0.368 e. The fraction of sp³-hybridized carbons (Fsp3) is 0.480. The first-order chi connectivity index (χ1) is 15.5. The minimum Gasteiger partial charge on any atom is -0.368 e. The van der Waals surface area contributed by atoms with Gasteiger partial charge in [0.25, 0.3) is 0 Å². The summed E-state index contributed by atoms with van der Waals surface area (Å²) in [7, 11) is 1.56. The molecule has 0 N–H and O–H groups in total. The molecule has 7 nitrogen and oxygen atoms in total. The average Bonchev–Trinajstić information content (AvgIpc) is 3.30. The molecular formula is C25H30O7. The standard InChI is InChI=1S/C25H30O7/c1-25(2)31-22-21(30-24(27-3)23(22)32-25)20(29-16-18-12-8-5-9-13-18)19(14-26)28-15-17-10-6-4-7-11-17/h4-14,19-24H,15-16H2,1-3H3/t19-,20-,21-,22+,23+,24+/m1/s1. The van der Waals surface area contributed by atoms with Crippen molar-refractivity contribution >= 4 is 6.29 Å². The van der Waals surface area contributed by atoms with Gasteiger partial charge < -0.3 is 33.2 Å². The van der Waals surface area contributed by atoms with Crippen LogP contribution in [0.2, 0.25) is 0 Å². The molecule has 4 rings (SSSR count). The van der Waals surface area contributed by atoms with Crippen molar-refractivity contribution in [1.82, 2.24) is 0 Å². The van der Waals surface area contributed by atoms with E-state index in [1.165, 1.54) is 0 Å². The van der Waals surface area contributed by atoms with Gasteiger partial charge in [0.15, 0.2) is 18.4 Å². The van der Waals surface area contributed by atoms with Gasteiger partial charge in [0.2, 0.25) is 0 Å². The molecule has 0 amide bonds. The second kappa shape index (κ2) is 10.2. The van der Waals surface area contributed by atoms with Crippen molar-refractivity contribution in [2.24, 2.45) is 0 Å². The van der Waals surface area contributed by atoms with Gasteiger partial charge in [-0.05, 0) is 25.0 Å². The third-order valence-electron chi connectivity index (χ3n) is 5.63. The number of hydrogen-bond acceptors (Lipinski definition) is 7. The number of methoxy groups -OCH3 is 1. The molecule has 172 valence electrons. The van der Waals surface area contributed by atoms with Crippen LogP contribution in [0.15, 0.2) is 60.7 Å². The maximum atomic E-state index is 12.1. The van der Waals surface area contributed by atoms with Gasteiger partial charge in [-0.15, -0.1) is 0 Å². The monoisotopic (exact) mass is 442 g/mol. The summed E-state index contributed by atoms with van der Waals surface area (Å²) in [5.74, 6) is -0.792. The molecule has 6 atom stereocenters. The highest BCUT2D eigenvalue weighted by atomic mass is 16.8. The summed E-state index contributed by atoms with van der Waals surface area (Å²) in [5, 5.41) is 0. The van der Waals surface area contributed by atoms with Gasteiger partial charge in [0.1, 0.15) is 30.5 Å². The van der Waals surface area contributed by atoms with Crippen LogP contribution in [0, 0.1) is 0 Å². The second-order valence-electron chi connectivity index (χ2n) is 8.43. The normalized spacial score (nSPS) is 28.2. The maximum absolute atomic E-state index is 12.1. The first-order valence-corrected chi connectivity index (χ1v) is 10.8. The van der Waals surface area contributed by atoms with Crippen molar-refractivity contribution in [3.8, 4) is 0 Å². The molecule has 2 fully saturated rings. The summed E-state index contributed by atoms with van der Waals surface area (Å²) in [6, 6.07) is 19.4. The Morgan fingerprint density at radius 2 is 1.47 bits per heavy atom. The fourth-order valence-corrected chi connectivity index (χ4v) is 4.17. The zero-order valence-corrected chi connectivity index (χ0v) is 18.6. The Morgan fingerprint density at radius 1 is 0.906 bits per heavy atom. The molecule has 0 aromatic heterocycles. The molecule has 32 heavy (non-hydrogen) atoms. The molecule has 0 radical (unpaired) electrons. The first-order valence-electron chi connectivity index (χ1n) is 10.8. The predicted molar refractivity (Wildman–Crippen MR) is 116 cm³/mol. The summed E-state index contributed by atoms with van der Waals surface area (Å²) in [4.78, 5) is 12.1. The van der Waals surface area contributed by atoms with Gasteiger partial charge >= 0.3 is 0 Å². The average molecular weight is 443 g/mol. The smallest absolute Gasteiger partial charge is 0.186 e. The molecule has 0 saturated carbocycles. The Balaban J connectivity index is 1.55. The highest BCUT2D eigenvalue weighted by Crippen LogP contribution is 2.41. The Labute approximate surface area is 188 Å². The molecular weight excluding hydrogens is 412 g/mol. The van der Waals surface area contributed by atoms with E-state index in [4.69, 9.17) is 28.4 Å². The molecule has 0 aliphatic carbocycles. The quantitative estimate of drug-likeness (QED) is 0.523. The van der Waals surface area contributed by atoms with E-state index in [-0.39, 0.29) is 6.61 Å². The topological polar surface area (TPSA) is 72.5 Å². The predicted octanol–water partition coefficient (Wildman–Crippen LogP) is 3.25. The Kier molecular flexibility index (Phi) is 7.35. The minimum atomic E-state index is -0.868. The van der Waals surface area contributed by atoms with E-state index in [1.807, 2.05) is 74.5 Å². The maximum Gasteiger partial charge on any atom is 0.186 e. The van der Waals surface area contributed by atoms with Crippen LogP contribution in [0.3, 0.4) is 0 Å². The lowest BCUT2D eigenvalue weighted by molar-refractivity contribution is -0.247. The molecule has 2 saturated heterocycles. The summed E-state index contributed by atoms with van der Waals surface area (Å²) < 4.78 is 36.0. The zero-order chi connectivity index (χ0) is 22.6. The molecule has 0 unspecified atom stereocenters. The van der Waals surface area contributed by atoms with Crippen LogP contribution in [0.25, 0.3) is 0 Å². The second-order valence-corrected chi connectivity index (χ2v) is 8.43. The Morgan fingerprint density at radius 3 is 2.03 bits per heavy atom. The fourth-order valence-electron chi connectivity index (χ4n) is 4.17. The lowest BCUT2D eigenvalue weighted by Crippen LogP contribution is -2.48. The van der Waals surface area contributed by atoms with Crippen LogP contribution in [-0.4, -0.2) is 56.0 Å². The van der Waals surface area contributed by atoms with Crippen molar-refractivity contribution in [3.05, 3.63) is 71.8 Å². The van der Waals surface area contributed by atoms with Gasteiger partial charge in [-0.3, -0.25) is 0 Å². The van der Waals surface area contributed by atoms with Crippen LogP contribution >= 0.6 is 0 Å². The lowest BCUT2D eigenvalue weighted by Gasteiger charge is -2.31. The lowest BCUT2D eigenvalue weighted by atomic mass is 10.0. The molecule has 2 heterocycles. The van der Waals surface area contributed by atoms with E-state index < -0.39 is 42.6 Å². The van der Waals surface area contributed by atoms with Gasteiger partial charge in [-0.1, -0.05) is 60.7 Å². The van der Waals surface area contributed by atoms with Crippen LogP contribution in [0.1, 0.15) is 25.0 Å². The number of ether oxygens (including phenoxy) is 6. The molecule has 2 aromatic rings. The molecule has 2 aromatic carbocycles. The molecule has 0 spiro atoms.